The average Bonchev–Trinajstić information content (AvgIpc) is 1.61. The van der Waals surface area contributed by atoms with Crippen molar-refractivity contribution >= 4 is 57.4 Å². The Bertz CT molecular complexity index is 4080. The van der Waals surface area contributed by atoms with Gasteiger partial charge in [0, 0.05) is 154 Å². The summed E-state index contributed by atoms with van der Waals surface area (Å²) < 4.78 is 23.9. The monoisotopic (exact) mass is 1400 g/mol. The van der Waals surface area contributed by atoms with Crippen molar-refractivity contribution in [1.29, 1.82) is 0 Å². The second-order valence-electron chi connectivity index (χ2n) is 31.9. The first-order valence-electron chi connectivity index (χ1n) is 38.3. The zero-order valence-corrected chi connectivity index (χ0v) is 62.7. The van der Waals surface area contributed by atoms with Crippen molar-refractivity contribution in [3.8, 4) is 11.1 Å². The number of aromatic nitrogens is 11. The van der Waals surface area contributed by atoms with E-state index in [2.05, 4.69) is 125 Å². The third-order valence-electron chi connectivity index (χ3n) is 23.4. The second-order valence-corrected chi connectivity index (χ2v) is 31.9. The van der Waals surface area contributed by atoms with Crippen LogP contribution in [-0.2, 0) is 29.3 Å². The molecule has 24 heteroatoms. The van der Waals surface area contributed by atoms with Gasteiger partial charge < -0.3 is 55.3 Å². The van der Waals surface area contributed by atoms with Crippen LogP contribution in [0.4, 0.5) is 17.8 Å². The van der Waals surface area contributed by atoms with E-state index in [0.29, 0.717) is 73.5 Å². The van der Waals surface area contributed by atoms with Gasteiger partial charge in [-0.15, -0.1) is 15.3 Å². The van der Waals surface area contributed by atoms with E-state index in [-0.39, 0.29) is 42.1 Å². The Morgan fingerprint density at radius 2 is 1.05 bits per heavy atom. The van der Waals surface area contributed by atoms with Crippen molar-refractivity contribution in [3.05, 3.63) is 89.5 Å². The number of anilines is 3. The number of aliphatic hydroxyl groups excluding tert-OH is 1. The van der Waals surface area contributed by atoms with Gasteiger partial charge in [-0.1, -0.05) is 51.7 Å². The van der Waals surface area contributed by atoms with Crippen LogP contribution >= 0.6 is 0 Å². The number of hydrogen-bond donors (Lipinski definition) is 5. The Balaban J connectivity index is 0.000000138. The highest BCUT2D eigenvalue weighted by atomic mass is 16.5. The van der Waals surface area contributed by atoms with Gasteiger partial charge in [-0.3, -0.25) is 14.3 Å². The molecule has 7 aromatic rings. The molecule has 552 valence electrons. The smallest absolute Gasteiger partial charge is 0.250 e. The molecule has 0 spiro atoms. The number of aliphatic hydroxyl groups is 1. The van der Waals surface area contributed by atoms with Crippen LogP contribution in [0, 0.1) is 11.8 Å². The molecule has 12 heterocycles. The molecule has 5 N–H and O–H groups in total. The quantitative estimate of drug-likeness (QED) is 0.0476. The molecule has 0 radical (unpaired) electrons. The number of hydrogen-bond acceptors (Lipinski definition) is 18. The summed E-state index contributed by atoms with van der Waals surface area (Å²) in [5.41, 5.74) is 13.4. The Morgan fingerprint density at radius 1 is 0.588 bits per heavy atom. The minimum absolute atomic E-state index is 0.0639. The summed E-state index contributed by atoms with van der Waals surface area (Å²) in [7, 11) is 7.20. The van der Waals surface area contributed by atoms with E-state index in [1.54, 1.807) is 32.9 Å². The lowest BCUT2D eigenvalue weighted by atomic mass is 9.81. The maximum Gasteiger partial charge on any atom is 0.250 e. The number of carbonyl (C=O) groups excluding carboxylic acids is 2. The van der Waals surface area contributed by atoms with Crippen molar-refractivity contribution in [3.63, 3.8) is 0 Å². The highest BCUT2D eigenvalue weighted by Crippen LogP contribution is 2.45. The molecule has 7 atom stereocenters. The zero-order chi connectivity index (χ0) is 71.5. The van der Waals surface area contributed by atoms with Gasteiger partial charge in [0.2, 0.25) is 29.7 Å². The van der Waals surface area contributed by atoms with Crippen molar-refractivity contribution in [2.75, 3.05) is 90.3 Å². The second kappa shape index (κ2) is 31.9. The van der Waals surface area contributed by atoms with Crippen molar-refractivity contribution < 1.29 is 28.9 Å². The predicted octanol–water partition coefficient (Wildman–Crippen LogP) is 11.6. The van der Waals surface area contributed by atoms with E-state index in [9.17, 15) is 14.7 Å². The summed E-state index contributed by atoms with van der Waals surface area (Å²) in [6.07, 6.45) is 34.4. The number of rotatable bonds is 20. The first-order chi connectivity index (χ1) is 49.2. The lowest BCUT2D eigenvalue weighted by Gasteiger charge is -2.37. The van der Waals surface area contributed by atoms with Gasteiger partial charge in [0.05, 0.1) is 73.3 Å². The molecule has 6 fully saturated rings. The van der Waals surface area contributed by atoms with Gasteiger partial charge in [0.1, 0.15) is 5.54 Å². The largest absolute Gasteiger partial charge is 0.393 e. The van der Waals surface area contributed by atoms with Crippen molar-refractivity contribution in [1.82, 2.24) is 73.6 Å². The minimum Gasteiger partial charge on any atom is -0.393 e. The number of fused-ring (bicyclic) bond motifs is 7. The molecule has 102 heavy (non-hydrogen) atoms. The fraction of sp³-hybridized carbons (Fsp3) is 0.654. The molecule has 3 saturated carbocycles. The van der Waals surface area contributed by atoms with Crippen molar-refractivity contribution in [2.24, 2.45) is 11.8 Å². The third kappa shape index (κ3) is 16.1. The SMILES string of the molecule is COC[C@H](C)Nc1ncc2c(-c3cnn(C(C)(C)C(=O)N4CCN(C)CC4)c3)cc(C3CCC(O)CC3)n2n1.COC[C@H](C)Nc1ncc2c(C3=C[C@H]4CCC(C3)N4C(C)=O)cc(C3CCC(C)CC3)n2n1.COC[C@H](C)Nc1ncc2c(C3=C[C@H]4CC[C@@H](C3)N4)cc(C3CCC(C)CC3)n2n1. The third-order valence-corrected chi connectivity index (χ3v) is 23.4. The highest BCUT2D eigenvalue weighted by Gasteiger charge is 2.41. The maximum absolute atomic E-state index is 13.5. The van der Waals surface area contributed by atoms with Gasteiger partial charge >= 0.3 is 0 Å². The molecule has 0 aromatic carbocycles. The standard InChI is InChI=1S/C28H42N8O3.C26H37N5O2.C24H35N5O/c1-19(18-39-5)31-27-29-16-25-23(14-24(36(25)32-27)20-6-8-22(37)9-7-20)21-15-30-35(17-21)28(2,3)26(38)34-12-10-33(4)11-13-34;1-16-5-7-19(8-6-16)24-13-23(20-11-21-9-10-22(12-20)30(21)18(3)32)25-14-27-26(29-31(24)25)28-17(2)15-33-4;1-15-4-6-17(7-5-15)22-12-21(18-10-19-8-9-20(11-18)27-19)23-13-25-24(28-29(22)23)26-16(2)14-30-3/h14-17,19-20,22,37H,6-13,18H2,1-5H3,(H,31,32);11,13-14,16-17,19,21-22H,5-10,12,15H2,1-4H3,(H,28,29);10,12-13,15-17,19-20,27H,4-9,11,14H2,1-3H3,(H,26,28)/t19-,20?,22?;16?,17-,19?,21+,22?;15?,16-,17?,19+,20-/m000/s1. The molecule has 3 saturated heterocycles. The van der Waals surface area contributed by atoms with Gasteiger partial charge in [-0.05, 0) is 173 Å². The first kappa shape index (κ1) is 73.0. The molecule has 8 aliphatic rings. The first-order valence-corrected chi connectivity index (χ1v) is 38.3. The topological polar surface area (TPSA) is 248 Å². The number of amides is 2. The summed E-state index contributed by atoms with van der Waals surface area (Å²) in [4.78, 5) is 45.9. The van der Waals surface area contributed by atoms with E-state index >= 15 is 0 Å². The summed E-state index contributed by atoms with van der Waals surface area (Å²) in [6.45, 7) is 21.5. The number of nitrogens with one attached hydrogen (secondary N) is 4. The minimum atomic E-state index is -0.808. The molecule has 2 amide bonds. The Kier molecular flexibility index (Phi) is 22.9. The summed E-state index contributed by atoms with van der Waals surface area (Å²) in [6, 6.07) is 9.07. The molecule has 3 aliphatic carbocycles. The molecular formula is C78H114N18O6. The van der Waals surface area contributed by atoms with E-state index in [1.165, 1.54) is 97.9 Å². The van der Waals surface area contributed by atoms with Crippen LogP contribution in [0.5, 0.6) is 0 Å². The van der Waals surface area contributed by atoms with Crippen LogP contribution in [0.3, 0.4) is 0 Å². The molecule has 24 nitrogen and oxygen atoms in total. The summed E-state index contributed by atoms with van der Waals surface area (Å²) in [5.74, 6) is 5.19. The fourth-order valence-corrected chi connectivity index (χ4v) is 17.6. The van der Waals surface area contributed by atoms with E-state index in [0.717, 1.165) is 123 Å². The van der Waals surface area contributed by atoms with Gasteiger partial charge in [0.15, 0.2) is 0 Å². The maximum atomic E-state index is 13.5. The molecule has 15 rings (SSSR count). The van der Waals surface area contributed by atoms with Crippen LogP contribution in [0.2, 0.25) is 0 Å². The number of carbonyl (C=O) groups is 2. The Morgan fingerprint density at radius 3 is 1.51 bits per heavy atom. The van der Waals surface area contributed by atoms with Crippen LogP contribution in [0.15, 0.2) is 61.3 Å². The molecule has 7 aromatic heterocycles. The van der Waals surface area contributed by atoms with Gasteiger partial charge in [0.25, 0.3) is 0 Å². The number of piperazine rings is 1. The normalized spacial score (nSPS) is 26.2. The lowest BCUT2D eigenvalue weighted by molar-refractivity contribution is -0.141. The van der Waals surface area contributed by atoms with Gasteiger partial charge in [-0.2, -0.15) is 5.10 Å². The summed E-state index contributed by atoms with van der Waals surface area (Å²) >= 11 is 0. The molecular weight excluding hydrogens is 1280 g/mol. The molecule has 5 aliphatic heterocycles. The number of methoxy groups -OCH3 is 3. The Hall–Kier alpha value is -7.35. The number of ether oxygens (including phenoxy) is 3. The van der Waals surface area contributed by atoms with Crippen LogP contribution in [-0.4, -0.2) is 208 Å². The lowest BCUT2D eigenvalue weighted by Crippen LogP contribution is -2.54. The van der Waals surface area contributed by atoms with Gasteiger partial charge in [-0.25, -0.2) is 28.5 Å². The highest BCUT2D eigenvalue weighted by molar-refractivity contribution is 5.86. The van der Waals surface area contributed by atoms with E-state index in [1.807, 2.05) is 61.2 Å². The fourth-order valence-electron chi connectivity index (χ4n) is 17.6. The average molecular weight is 1400 g/mol. The van der Waals surface area contributed by atoms with Crippen LogP contribution in [0.25, 0.3) is 38.8 Å². The zero-order valence-electron chi connectivity index (χ0n) is 62.7. The van der Waals surface area contributed by atoms with Crippen LogP contribution in [0.1, 0.15) is 217 Å². The number of likely N-dealkylation sites (N-methyl/N-ethyl adjacent to an activating group) is 1. The Labute approximate surface area is 602 Å². The van der Waals surface area contributed by atoms with E-state index < -0.39 is 5.54 Å². The van der Waals surface area contributed by atoms with Crippen molar-refractivity contribution in [2.45, 2.75) is 243 Å². The predicted molar refractivity (Wildman–Crippen MR) is 401 cm³/mol. The van der Waals surface area contributed by atoms with Crippen LogP contribution < -0.4 is 21.3 Å². The molecule has 4 bridgehead atoms. The molecule has 1 unspecified atom stereocenters. The number of nitrogens with zero attached hydrogens (tertiary/aromatic N) is 14. The summed E-state index contributed by atoms with van der Waals surface area (Å²) in [5, 5.41) is 43.3. The van der Waals surface area contributed by atoms with E-state index in [4.69, 9.17) is 29.5 Å².